The number of ether oxygens (including phenoxy) is 2. The van der Waals surface area contributed by atoms with Crippen molar-refractivity contribution in [2.45, 2.75) is 37.1 Å². The van der Waals surface area contributed by atoms with Crippen molar-refractivity contribution in [3.63, 3.8) is 0 Å². The summed E-state index contributed by atoms with van der Waals surface area (Å²) in [5.41, 5.74) is -0.600. The Hall–Kier alpha value is -2.74. The Morgan fingerprint density at radius 2 is 1.84 bits per heavy atom. The predicted octanol–water partition coefficient (Wildman–Crippen LogP) is 4.79. The minimum Gasteiger partial charge on any atom is -0.486 e. The SMILES string of the molecule is O=C1NCC2(CCN(CCC(Oc3ccccc3)c3cccc(C(F)(F)F)c3)CC2)O1. The van der Waals surface area contributed by atoms with Crippen LogP contribution >= 0.6 is 0 Å². The molecular formula is C23H25F3N2O3. The minimum absolute atomic E-state index is 0.366. The number of likely N-dealkylation sites (tertiary alicyclic amines) is 1. The molecule has 2 aliphatic rings. The summed E-state index contributed by atoms with van der Waals surface area (Å²) in [5.74, 6) is 0.617. The van der Waals surface area contributed by atoms with E-state index in [4.69, 9.17) is 9.47 Å². The molecule has 2 saturated heterocycles. The molecule has 0 aliphatic carbocycles. The average molecular weight is 434 g/mol. The highest BCUT2D eigenvalue weighted by Crippen LogP contribution is 2.34. The number of piperidine rings is 1. The third kappa shape index (κ3) is 5.31. The highest BCUT2D eigenvalue weighted by Gasteiger charge is 2.42. The van der Waals surface area contributed by atoms with E-state index < -0.39 is 23.4 Å². The first-order valence-corrected chi connectivity index (χ1v) is 10.4. The lowest BCUT2D eigenvalue weighted by molar-refractivity contribution is -0.137. The number of benzene rings is 2. The molecule has 1 spiro atoms. The number of carbonyl (C=O) groups is 1. The van der Waals surface area contributed by atoms with Gasteiger partial charge in [-0.1, -0.05) is 30.3 Å². The topological polar surface area (TPSA) is 50.8 Å². The molecule has 2 fully saturated rings. The van der Waals surface area contributed by atoms with Gasteiger partial charge < -0.3 is 19.7 Å². The Morgan fingerprint density at radius 3 is 2.48 bits per heavy atom. The van der Waals surface area contributed by atoms with E-state index >= 15 is 0 Å². The molecule has 0 saturated carbocycles. The first-order valence-electron chi connectivity index (χ1n) is 10.4. The Balaban J connectivity index is 1.44. The van der Waals surface area contributed by atoms with Crippen molar-refractivity contribution in [3.05, 3.63) is 65.7 Å². The number of amides is 1. The van der Waals surface area contributed by atoms with Gasteiger partial charge in [-0.2, -0.15) is 13.2 Å². The monoisotopic (exact) mass is 434 g/mol. The maximum absolute atomic E-state index is 13.2. The second-order valence-electron chi connectivity index (χ2n) is 8.10. The highest BCUT2D eigenvalue weighted by atomic mass is 19.4. The molecule has 2 aromatic carbocycles. The molecule has 4 rings (SSSR count). The first-order chi connectivity index (χ1) is 14.8. The van der Waals surface area contributed by atoms with Crippen molar-refractivity contribution in [1.82, 2.24) is 10.2 Å². The first kappa shape index (κ1) is 21.5. The average Bonchev–Trinajstić information content (AvgIpc) is 3.12. The van der Waals surface area contributed by atoms with Gasteiger partial charge in [0, 0.05) is 38.9 Å². The van der Waals surface area contributed by atoms with Gasteiger partial charge >= 0.3 is 12.3 Å². The lowest BCUT2D eigenvalue weighted by Gasteiger charge is -2.37. The van der Waals surface area contributed by atoms with Crippen LogP contribution in [0.4, 0.5) is 18.0 Å². The molecule has 31 heavy (non-hydrogen) atoms. The van der Waals surface area contributed by atoms with Crippen LogP contribution in [0.15, 0.2) is 54.6 Å². The van der Waals surface area contributed by atoms with Crippen LogP contribution < -0.4 is 10.1 Å². The van der Waals surface area contributed by atoms with Crippen LogP contribution in [0, 0.1) is 0 Å². The van der Waals surface area contributed by atoms with Crippen LogP contribution in [0.5, 0.6) is 5.75 Å². The van der Waals surface area contributed by atoms with Gasteiger partial charge in [0.15, 0.2) is 0 Å². The quantitative estimate of drug-likeness (QED) is 0.710. The number of alkyl halides is 3. The zero-order chi connectivity index (χ0) is 21.9. The van der Waals surface area contributed by atoms with E-state index in [1.807, 2.05) is 18.2 Å². The summed E-state index contributed by atoms with van der Waals surface area (Å²) in [6.07, 6.45) is -3.26. The van der Waals surface area contributed by atoms with Gasteiger partial charge in [-0.3, -0.25) is 0 Å². The Labute approximate surface area is 179 Å². The predicted molar refractivity (Wildman–Crippen MR) is 109 cm³/mol. The summed E-state index contributed by atoms with van der Waals surface area (Å²) in [6.45, 7) is 2.72. The third-order valence-electron chi connectivity index (χ3n) is 5.95. The normalized spacial score (nSPS) is 19.6. The molecule has 2 aliphatic heterocycles. The Bertz CT molecular complexity index is 896. The Morgan fingerprint density at radius 1 is 1.10 bits per heavy atom. The molecule has 2 aromatic rings. The summed E-state index contributed by atoms with van der Waals surface area (Å²) < 4.78 is 51.2. The number of rotatable bonds is 6. The zero-order valence-corrected chi connectivity index (χ0v) is 17.0. The third-order valence-corrected chi connectivity index (χ3v) is 5.95. The molecular weight excluding hydrogens is 409 g/mol. The number of halogens is 3. The summed E-state index contributed by atoms with van der Waals surface area (Å²) in [7, 11) is 0. The standard InChI is InChI=1S/C23H25F3N2O3/c24-23(25,26)18-6-4-5-17(15-18)20(30-19-7-2-1-3-8-19)9-12-28-13-10-22(11-14-28)16-27-21(29)31-22/h1-8,15,20H,9-14,16H2,(H,27,29). The second-order valence-corrected chi connectivity index (χ2v) is 8.10. The fourth-order valence-corrected chi connectivity index (χ4v) is 4.14. The number of alkyl carbamates (subject to hydrolysis) is 1. The Kier molecular flexibility index (Phi) is 6.09. The molecule has 5 nitrogen and oxygen atoms in total. The van der Waals surface area contributed by atoms with Crippen molar-refractivity contribution in [3.8, 4) is 5.75 Å². The summed E-state index contributed by atoms with van der Waals surface area (Å²) in [5, 5.41) is 2.72. The summed E-state index contributed by atoms with van der Waals surface area (Å²) >= 11 is 0. The molecule has 166 valence electrons. The second kappa shape index (κ2) is 8.78. The van der Waals surface area contributed by atoms with Gasteiger partial charge in [0.25, 0.3) is 0 Å². The lowest BCUT2D eigenvalue weighted by Crippen LogP contribution is -2.47. The van der Waals surface area contributed by atoms with E-state index in [-0.39, 0.29) is 6.09 Å². The van der Waals surface area contributed by atoms with Crippen molar-refractivity contribution in [2.75, 3.05) is 26.2 Å². The number of para-hydroxylation sites is 1. The lowest BCUT2D eigenvalue weighted by atomic mass is 9.91. The van der Waals surface area contributed by atoms with Crippen LogP contribution in [-0.2, 0) is 10.9 Å². The van der Waals surface area contributed by atoms with Gasteiger partial charge in [-0.05, 0) is 29.8 Å². The number of carbonyl (C=O) groups excluding carboxylic acids is 1. The molecule has 1 unspecified atom stereocenters. The van der Waals surface area contributed by atoms with E-state index in [2.05, 4.69) is 10.2 Å². The van der Waals surface area contributed by atoms with Crippen molar-refractivity contribution >= 4 is 6.09 Å². The summed E-state index contributed by atoms with van der Waals surface area (Å²) in [6, 6.07) is 14.5. The summed E-state index contributed by atoms with van der Waals surface area (Å²) in [4.78, 5) is 13.6. The van der Waals surface area contributed by atoms with Crippen LogP contribution in [0.3, 0.4) is 0 Å². The zero-order valence-electron chi connectivity index (χ0n) is 17.0. The van der Waals surface area contributed by atoms with E-state index in [1.54, 1.807) is 18.2 Å². The van der Waals surface area contributed by atoms with E-state index in [0.29, 0.717) is 30.8 Å². The maximum Gasteiger partial charge on any atom is 0.416 e. The van der Waals surface area contributed by atoms with Crippen molar-refractivity contribution in [1.29, 1.82) is 0 Å². The van der Waals surface area contributed by atoms with E-state index in [1.165, 1.54) is 12.1 Å². The van der Waals surface area contributed by atoms with Crippen LogP contribution in [-0.4, -0.2) is 42.8 Å². The van der Waals surface area contributed by atoms with Gasteiger partial charge in [0.2, 0.25) is 0 Å². The molecule has 0 radical (unpaired) electrons. The molecule has 1 N–H and O–H groups in total. The molecule has 0 bridgehead atoms. The van der Waals surface area contributed by atoms with E-state index in [9.17, 15) is 18.0 Å². The molecule has 1 atom stereocenters. The van der Waals surface area contributed by atoms with Gasteiger partial charge in [-0.25, -0.2) is 4.79 Å². The smallest absolute Gasteiger partial charge is 0.416 e. The van der Waals surface area contributed by atoms with Crippen LogP contribution in [0.2, 0.25) is 0 Å². The number of nitrogens with zero attached hydrogens (tertiary/aromatic N) is 1. The van der Waals surface area contributed by atoms with E-state index in [0.717, 1.165) is 32.0 Å². The maximum atomic E-state index is 13.2. The molecule has 2 heterocycles. The van der Waals surface area contributed by atoms with Gasteiger partial charge in [0.05, 0.1) is 12.1 Å². The van der Waals surface area contributed by atoms with Crippen LogP contribution in [0.25, 0.3) is 0 Å². The number of nitrogens with one attached hydrogen (secondary N) is 1. The number of hydrogen-bond donors (Lipinski definition) is 1. The number of hydrogen-bond acceptors (Lipinski definition) is 4. The largest absolute Gasteiger partial charge is 0.486 e. The van der Waals surface area contributed by atoms with Crippen molar-refractivity contribution in [2.24, 2.45) is 0 Å². The van der Waals surface area contributed by atoms with Crippen molar-refractivity contribution < 1.29 is 27.4 Å². The molecule has 0 aromatic heterocycles. The van der Waals surface area contributed by atoms with Gasteiger partial charge in [0.1, 0.15) is 17.5 Å². The fraction of sp³-hybridized carbons (Fsp3) is 0.435. The molecule has 8 heteroatoms. The molecule has 1 amide bonds. The highest BCUT2D eigenvalue weighted by molar-refractivity contribution is 5.70. The van der Waals surface area contributed by atoms with Gasteiger partial charge in [-0.15, -0.1) is 0 Å². The minimum atomic E-state index is -4.40. The fourth-order valence-electron chi connectivity index (χ4n) is 4.14. The van der Waals surface area contributed by atoms with Crippen LogP contribution in [0.1, 0.15) is 36.5 Å².